The maximum absolute atomic E-state index is 14.1. The van der Waals surface area contributed by atoms with Crippen LogP contribution >= 0.6 is 0 Å². The van der Waals surface area contributed by atoms with E-state index in [1.807, 2.05) is 0 Å². The van der Waals surface area contributed by atoms with Gasteiger partial charge in [0.25, 0.3) is 0 Å². The van der Waals surface area contributed by atoms with Crippen molar-refractivity contribution in [1.29, 1.82) is 0 Å². The van der Waals surface area contributed by atoms with Gasteiger partial charge in [0.05, 0.1) is 5.69 Å². The summed E-state index contributed by atoms with van der Waals surface area (Å²) in [6.45, 7) is 0. The average molecular weight is 351 g/mol. The number of halogens is 7. The first-order valence-corrected chi connectivity index (χ1v) is 7.46. The zero-order valence-electron chi connectivity index (χ0n) is 12.1. The molecular formula is C16H12F7N. The summed E-state index contributed by atoms with van der Waals surface area (Å²) in [4.78, 5) is 0.237. The molecule has 1 nitrogen and oxygen atoms in total. The fourth-order valence-corrected chi connectivity index (χ4v) is 4.83. The zero-order chi connectivity index (χ0) is 17.5. The molecule has 1 heterocycles. The van der Waals surface area contributed by atoms with Crippen LogP contribution in [0.4, 0.5) is 36.4 Å². The minimum absolute atomic E-state index is 0.237. The Hall–Kier alpha value is -1.73. The highest BCUT2D eigenvalue weighted by Gasteiger charge is 2.88. The molecule has 130 valence electrons. The van der Waals surface area contributed by atoms with Gasteiger partial charge in [0.1, 0.15) is 5.82 Å². The van der Waals surface area contributed by atoms with Crippen LogP contribution in [0.5, 0.6) is 0 Å². The minimum atomic E-state index is -5.56. The van der Waals surface area contributed by atoms with Gasteiger partial charge in [-0.05, 0) is 30.4 Å². The molecule has 2 aliphatic carbocycles. The molecule has 1 aliphatic heterocycles. The second kappa shape index (κ2) is 4.46. The molecular weight excluding hydrogens is 339 g/mol. The van der Waals surface area contributed by atoms with Crippen LogP contribution in [-0.2, 0) is 0 Å². The Morgan fingerprint density at radius 3 is 2.08 bits per heavy atom. The smallest absolute Gasteiger partial charge is 0.343 e. The molecule has 4 atom stereocenters. The van der Waals surface area contributed by atoms with Crippen LogP contribution in [0.3, 0.4) is 0 Å². The van der Waals surface area contributed by atoms with Crippen molar-refractivity contribution >= 4 is 5.69 Å². The second-order valence-electron chi connectivity index (χ2n) is 6.55. The van der Waals surface area contributed by atoms with Crippen LogP contribution in [0.2, 0.25) is 0 Å². The molecule has 0 aromatic heterocycles. The van der Waals surface area contributed by atoms with Crippen LogP contribution in [0.1, 0.15) is 6.42 Å². The molecule has 24 heavy (non-hydrogen) atoms. The number of fused-ring (bicyclic) bond motifs is 5. The summed E-state index contributed by atoms with van der Waals surface area (Å²) in [6.07, 6.45) is -7.79. The first kappa shape index (κ1) is 15.8. The lowest BCUT2D eigenvalue weighted by molar-refractivity contribution is -0.339. The molecule has 1 aromatic carbocycles. The standard InChI is InChI=1S/C16H12F7N/c17-10-3-1-2-4-11(10)24-13-9-6-5-8(7-9)12(13)14(24,15(18,19)20)16(21,22)23/h1-6,8-9,12-13H,7H2. The molecule has 4 rings (SSSR count). The Labute approximate surface area is 132 Å². The van der Waals surface area contributed by atoms with E-state index < -0.39 is 53.2 Å². The molecule has 0 amide bonds. The Bertz CT molecular complexity index is 691. The Kier molecular flexibility index (Phi) is 2.93. The van der Waals surface area contributed by atoms with Gasteiger partial charge in [-0.1, -0.05) is 24.3 Å². The second-order valence-corrected chi connectivity index (χ2v) is 6.55. The van der Waals surface area contributed by atoms with Crippen LogP contribution < -0.4 is 4.90 Å². The van der Waals surface area contributed by atoms with E-state index in [2.05, 4.69) is 0 Å². The van der Waals surface area contributed by atoms with Crippen molar-refractivity contribution in [2.75, 3.05) is 4.90 Å². The van der Waals surface area contributed by atoms with Gasteiger partial charge in [-0.25, -0.2) is 4.39 Å². The predicted octanol–water partition coefficient (Wildman–Crippen LogP) is 4.70. The fraction of sp³-hybridized carbons (Fsp3) is 0.500. The van der Waals surface area contributed by atoms with Crippen molar-refractivity contribution in [3.8, 4) is 0 Å². The number of anilines is 1. The Morgan fingerprint density at radius 2 is 1.50 bits per heavy atom. The SMILES string of the molecule is Fc1ccccc1N1C2C3C=CC(C3)C2C1(C(F)(F)F)C(F)(F)F. The summed E-state index contributed by atoms with van der Waals surface area (Å²) >= 11 is 0. The number of rotatable bonds is 1. The molecule has 0 spiro atoms. The quantitative estimate of drug-likeness (QED) is 0.524. The maximum atomic E-state index is 14.1. The number of nitrogens with zero attached hydrogens (tertiary/aromatic N) is 1. The van der Waals surface area contributed by atoms with E-state index in [1.54, 1.807) is 6.08 Å². The Morgan fingerprint density at radius 1 is 0.917 bits per heavy atom. The van der Waals surface area contributed by atoms with Crippen LogP contribution in [-0.4, -0.2) is 23.9 Å². The summed E-state index contributed by atoms with van der Waals surface area (Å²) in [5.74, 6) is -3.92. The number of allylic oxidation sites excluding steroid dienone is 1. The topological polar surface area (TPSA) is 3.24 Å². The summed E-state index contributed by atoms with van der Waals surface area (Å²) in [6, 6.07) is 3.35. The number of hydrogen-bond acceptors (Lipinski definition) is 1. The number of benzene rings is 1. The average Bonchev–Trinajstić information content (AvgIpc) is 2.96. The molecule has 0 N–H and O–H groups in total. The molecule has 3 aliphatic rings. The van der Waals surface area contributed by atoms with Crippen LogP contribution in [0.15, 0.2) is 36.4 Å². The third kappa shape index (κ3) is 1.61. The highest BCUT2D eigenvalue weighted by atomic mass is 19.4. The van der Waals surface area contributed by atoms with Gasteiger partial charge in [-0.2, -0.15) is 26.3 Å². The van der Waals surface area contributed by atoms with Gasteiger partial charge < -0.3 is 4.90 Å². The summed E-state index contributed by atoms with van der Waals surface area (Å²) in [5, 5.41) is 0. The van der Waals surface area contributed by atoms with E-state index in [4.69, 9.17) is 0 Å². The lowest BCUT2D eigenvalue weighted by atomic mass is 9.62. The molecule has 4 unspecified atom stereocenters. The van der Waals surface area contributed by atoms with E-state index in [0.29, 0.717) is 0 Å². The lowest BCUT2D eigenvalue weighted by Gasteiger charge is -2.65. The van der Waals surface area contributed by atoms with E-state index in [0.717, 1.165) is 12.1 Å². The van der Waals surface area contributed by atoms with E-state index >= 15 is 0 Å². The van der Waals surface area contributed by atoms with Crippen molar-refractivity contribution < 1.29 is 30.7 Å². The van der Waals surface area contributed by atoms with Crippen molar-refractivity contribution in [2.45, 2.75) is 30.4 Å². The number of para-hydroxylation sites is 1. The third-order valence-electron chi connectivity index (χ3n) is 5.55. The first-order chi connectivity index (χ1) is 11.1. The Balaban J connectivity index is 1.96. The van der Waals surface area contributed by atoms with Crippen LogP contribution in [0, 0.1) is 23.6 Å². The van der Waals surface area contributed by atoms with Gasteiger partial charge in [0, 0.05) is 12.0 Å². The van der Waals surface area contributed by atoms with Crippen molar-refractivity contribution in [2.24, 2.45) is 17.8 Å². The van der Waals surface area contributed by atoms with Gasteiger partial charge in [0.2, 0.25) is 5.54 Å². The third-order valence-corrected chi connectivity index (χ3v) is 5.55. The summed E-state index contributed by atoms with van der Waals surface area (Å²) in [5.41, 5.74) is -4.69. The van der Waals surface area contributed by atoms with Crippen molar-refractivity contribution in [3.05, 3.63) is 42.2 Å². The molecule has 8 heteroatoms. The van der Waals surface area contributed by atoms with Gasteiger partial charge in [-0.15, -0.1) is 0 Å². The monoisotopic (exact) mass is 351 g/mol. The van der Waals surface area contributed by atoms with E-state index in [-0.39, 0.29) is 11.3 Å². The van der Waals surface area contributed by atoms with Crippen molar-refractivity contribution in [3.63, 3.8) is 0 Å². The van der Waals surface area contributed by atoms with Gasteiger partial charge in [0.15, 0.2) is 0 Å². The fourth-order valence-electron chi connectivity index (χ4n) is 4.83. The minimum Gasteiger partial charge on any atom is -0.343 e. The molecule has 0 radical (unpaired) electrons. The maximum Gasteiger partial charge on any atom is 0.421 e. The highest BCUT2D eigenvalue weighted by Crippen LogP contribution is 2.69. The van der Waals surface area contributed by atoms with E-state index in [1.165, 1.54) is 18.2 Å². The molecule has 2 bridgehead atoms. The van der Waals surface area contributed by atoms with Gasteiger partial charge in [-0.3, -0.25) is 0 Å². The number of hydrogen-bond donors (Lipinski definition) is 0. The van der Waals surface area contributed by atoms with Crippen molar-refractivity contribution in [1.82, 2.24) is 0 Å². The summed E-state index contributed by atoms with van der Waals surface area (Å²) < 4.78 is 96.7. The number of alkyl halides is 6. The molecule has 2 fully saturated rings. The van der Waals surface area contributed by atoms with Crippen LogP contribution in [0.25, 0.3) is 0 Å². The van der Waals surface area contributed by atoms with E-state index in [9.17, 15) is 30.7 Å². The first-order valence-electron chi connectivity index (χ1n) is 7.46. The normalized spacial score (nSPS) is 33.5. The lowest BCUT2D eigenvalue weighted by Crippen LogP contribution is -2.85. The predicted molar refractivity (Wildman–Crippen MR) is 71.7 cm³/mol. The molecule has 1 saturated heterocycles. The summed E-state index contributed by atoms with van der Waals surface area (Å²) in [7, 11) is 0. The molecule has 1 aromatic rings. The van der Waals surface area contributed by atoms with Gasteiger partial charge >= 0.3 is 12.4 Å². The largest absolute Gasteiger partial charge is 0.421 e. The molecule has 1 saturated carbocycles. The zero-order valence-corrected chi connectivity index (χ0v) is 12.1. The highest BCUT2D eigenvalue weighted by molar-refractivity contribution is 5.61.